The summed E-state index contributed by atoms with van der Waals surface area (Å²) in [6.07, 6.45) is 0.652. The van der Waals surface area contributed by atoms with Crippen LogP contribution in [0.15, 0.2) is 36.5 Å². The molecule has 144 valence electrons. The highest BCUT2D eigenvalue weighted by molar-refractivity contribution is 5.95. The Balaban J connectivity index is 1.88. The summed E-state index contributed by atoms with van der Waals surface area (Å²) in [4.78, 5) is 25.6. The van der Waals surface area contributed by atoms with Crippen LogP contribution in [0, 0.1) is 5.92 Å². The Hall–Kier alpha value is -2.87. The van der Waals surface area contributed by atoms with Crippen LogP contribution in [0.5, 0.6) is 5.75 Å². The number of hydrogen-bond acceptors (Lipinski definition) is 5. The molecule has 8 heteroatoms. The molecule has 1 amide bonds. The number of carbonyl (C=O) groups is 2. The SMILES string of the molecule is CC(C)COc1cn(-c2ccccc2)nc1C(=O)N1CCOC(C(=O)O)C1. The fraction of sp³-hybridized carbons (Fsp3) is 0.421. The lowest BCUT2D eigenvalue weighted by atomic mass is 10.2. The van der Waals surface area contributed by atoms with E-state index in [0.717, 1.165) is 5.69 Å². The fourth-order valence-electron chi connectivity index (χ4n) is 2.71. The average molecular weight is 373 g/mol. The number of nitrogens with zero attached hydrogens (tertiary/aromatic N) is 3. The van der Waals surface area contributed by atoms with Crippen LogP contribution in [0.25, 0.3) is 5.69 Å². The van der Waals surface area contributed by atoms with Gasteiger partial charge in [-0.05, 0) is 18.1 Å². The van der Waals surface area contributed by atoms with Gasteiger partial charge in [-0.3, -0.25) is 4.79 Å². The van der Waals surface area contributed by atoms with E-state index >= 15 is 0 Å². The molecule has 3 rings (SSSR count). The van der Waals surface area contributed by atoms with E-state index in [0.29, 0.717) is 18.9 Å². The number of aliphatic carboxylic acids is 1. The summed E-state index contributed by atoms with van der Waals surface area (Å²) in [7, 11) is 0. The van der Waals surface area contributed by atoms with E-state index in [1.165, 1.54) is 4.90 Å². The van der Waals surface area contributed by atoms with Gasteiger partial charge in [0.15, 0.2) is 17.5 Å². The lowest BCUT2D eigenvalue weighted by Gasteiger charge is -2.30. The second-order valence-electron chi connectivity index (χ2n) is 6.78. The highest BCUT2D eigenvalue weighted by Gasteiger charge is 2.32. The first-order valence-corrected chi connectivity index (χ1v) is 8.87. The van der Waals surface area contributed by atoms with E-state index in [9.17, 15) is 9.59 Å². The van der Waals surface area contributed by atoms with Gasteiger partial charge < -0.3 is 19.5 Å². The Morgan fingerprint density at radius 1 is 1.33 bits per heavy atom. The van der Waals surface area contributed by atoms with Crippen molar-refractivity contribution in [2.75, 3.05) is 26.3 Å². The van der Waals surface area contributed by atoms with Gasteiger partial charge in [-0.15, -0.1) is 0 Å². The molecule has 1 N–H and O–H groups in total. The Labute approximate surface area is 157 Å². The van der Waals surface area contributed by atoms with E-state index in [2.05, 4.69) is 5.10 Å². The summed E-state index contributed by atoms with van der Waals surface area (Å²) in [5, 5.41) is 13.6. The summed E-state index contributed by atoms with van der Waals surface area (Å²) in [6, 6.07) is 9.42. The molecular weight excluding hydrogens is 350 g/mol. The highest BCUT2D eigenvalue weighted by atomic mass is 16.5. The predicted octanol–water partition coefficient (Wildman–Crippen LogP) is 1.83. The van der Waals surface area contributed by atoms with E-state index in [4.69, 9.17) is 14.6 Å². The van der Waals surface area contributed by atoms with Gasteiger partial charge in [-0.2, -0.15) is 5.10 Å². The zero-order chi connectivity index (χ0) is 19.4. The first-order chi connectivity index (χ1) is 13.0. The number of carboxylic acid groups (broad SMARTS) is 1. The first kappa shape index (κ1) is 18.9. The second-order valence-corrected chi connectivity index (χ2v) is 6.78. The van der Waals surface area contributed by atoms with Gasteiger partial charge in [0.2, 0.25) is 0 Å². The lowest BCUT2D eigenvalue weighted by Crippen LogP contribution is -2.48. The van der Waals surface area contributed by atoms with Gasteiger partial charge in [-0.25, -0.2) is 9.48 Å². The van der Waals surface area contributed by atoms with Crippen LogP contribution in [0.3, 0.4) is 0 Å². The molecule has 1 unspecified atom stereocenters. The maximum Gasteiger partial charge on any atom is 0.334 e. The molecule has 1 aliphatic rings. The van der Waals surface area contributed by atoms with Crippen LogP contribution in [0.4, 0.5) is 0 Å². The predicted molar refractivity (Wildman–Crippen MR) is 97.2 cm³/mol. The molecule has 1 fully saturated rings. The molecule has 1 aromatic heterocycles. The Kier molecular flexibility index (Phi) is 5.75. The number of carbonyl (C=O) groups excluding carboxylic acids is 1. The van der Waals surface area contributed by atoms with Crippen molar-refractivity contribution in [1.82, 2.24) is 14.7 Å². The average Bonchev–Trinajstić information content (AvgIpc) is 3.11. The smallest absolute Gasteiger partial charge is 0.334 e. The maximum absolute atomic E-state index is 13.0. The molecule has 2 heterocycles. The molecular formula is C19H23N3O5. The number of rotatable bonds is 6. The molecule has 0 bridgehead atoms. The Morgan fingerprint density at radius 2 is 2.07 bits per heavy atom. The van der Waals surface area contributed by atoms with Crippen molar-refractivity contribution in [3.63, 3.8) is 0 Å². The Bertz CT molecular complexity index is 803. The molecule has 1 atom stereocenters. The molecule has 8 nitrogen and oxygen atoms in total. The number of benzene rings is 1. The first-order valence-electron chi connectivity index (χ1n) is 8.87. The van der Waals surface area contributed by atoms with Crippen LogP contribution < -0.4 is 4.74 Å². The number of aromatic nitrogens is 2. The second kappa shape index (κ2) is 8.22. The van der Waals surface area contributed by atoms with Gasteiger partial charge >= 0.3 is 5.97 Å². The maximum atomic E-state index is 13.0. The molecule has 1 aliphatic heterocycles. The summed E-state index contributed by atoms with van der Waals surface area (Å²) in [5.74, 6) is -0.777. The van der Waals surface area contributed by atoms with Crippen LogP contribution in [0.1, 0.15) is 24.3 Å². The molecule has 2 aromatic rings. The number of morpholine rings is 1. The van der Waals surface area contributed by atoms with Gasteiger partial charge in [0.05, 0.1) is 31.6 Å². The fourth-order valence-corrected chi connectivity index (χ4v) is 2.71. The number of hydrogen-bond donors (Lipinski definition) is 1. The van der Waals surface area contributed by atoms with E-state index in [1.54, 1.807) is 10.9 Å². The monoisotopic (exact) mass is 373 g/mol. The lowest BCUT2D eigenvalue weighted by molar-refractivity contribution is -0.154. The van der Waals surface area contributed by atoms with Crippen LogP contribution in [0.2, 0.25) is 0 Å². The van der Waals surface area contributed by atoms with E-state index in [1.807, 2.05) is 44.2 Å². The van der Waals surface area contributed by atoms with Crippen molar-refractivity contribution in [2.45, 2.75) is 20.0 Å². The summed E-state index contributed by atoms with van der Waals surface area (Å²) >= 11 is 0. The minimum absolute atomic E-state index is 0.0179. The third kappa shape index (κ3) is 4.46. The minimum Gasteiger partial charge on any atom is -0.489 e. The molecule has 27 heavy (non-hydrogen) atoms. The Morgan fingerprint density at radius 3 is 2.74 bits per heavy atom. The number of amides is 1. The molecule has 0 spiro atoms. The quantitative estimate of drug-likeness (QED) is 0.830. The zero-order valence-corrected chi connectivity index (χ0v) is 15.4. The molecule has 0 radical (unpaired) electrons. The number of para-hydroxylation sites is 1. The van der Waals surface area contributed by atoms with Crippen LogP contribution in [-0.2, 0) is 9.53 Å². The van der Waals surface area contributed by atoms with Crippen molar-refractivity contribution >= 4 is 11.9 Å². The number of ether oxygens (including phenoxy) is 2. The molecule has 0 aliphatic carbocycles. The molecule has 1 saturated heterocycles. The van der Waals surface area contributed by atoms with Gasteiger partial charge in [0, 0.05) is 6.54 Å². The molecule has 1 aromatic carbocycles. The van der Waals surface area contributed by atoms with E-state index < -0.39 is 12.1 Å². The topological polar surface area (TPSA) is 93.9 Å². The largest absolute Gasteiger partial charge is 0.489 e. The third-order valence-electron chi connectivity index (χ3n) is 4.11. The summed E-state index contributed by atoms with van der Waals surface area (Å²) in [5.41, 5.74) is 0.974. The normalized spacial score (nSPS) is 17.1. The van der Waals surface area contributed by atoms with Gasteiger partial charge in [0.1, 0.15) is 0 Å². The molecule has 0 saturated carbocycles. The zero-order valence-electron chi connectivity index (χ0n) is 15.4. The minimum atomic E-state index is -1.08. The van der Waals surface area contributed by atoms with Crippen molar-refractivity contribution in [2.24, 2.45) is 5.92 Å². The van der Waals surface area contributed by atoms with Gasteiger partial charge in [0.25, 0.3) is 5.91 Å². The van der Waals surface area contributed by atoms with Crippen molar-refractivity contribution in [3.05, 3.63) is 42.2 Å². The summed E-state index contributed by atoms with van der Waals surface area (Å²) in [6.45, 7) is 4.94. The van der Waals surface area contributed by atoms with Gasteiger partial charge in [-0.1, -0.05) is 32.0 Å². The van der Waals surface area contributed by atoms with Crippen molar-refractivity contribution in [3.8, 4) is 11.4 Å². The third-order valence-corrected chi connectivity index (χ3v) is 4.11. The van der Waals surface area contributed by atoms with Crippen LogP contribution >= 0.6 is 0 Å². The van der Waals surface area contributed by atoms with Crippen LogP contribution in [-0.4, -0.2) is 64.1 Å². The van der Waals surface area contributed by atoms with Crippen molar-refractivity contribution < 1.29 is 24.2 Å². The number of carboxylic acids is 1. The standard InChI is InChI=1S/C19H23N3O5/c1-13(2)12-27-15-11-22(14-6-4-3-5-7-14)20-17(15)18(23)21-8-9-26-16(10-21)19(24)25/h3-7,11,13,16H,8-10,12H2,1-2H3,(H,24,25). The summed E-state index contributed by atoms with van der Waals surface area (Å²) < 4.78 is 12.6. The van der Waals surface area contributed by atoms with E-state index in [-0.39, 0.29) is 30.7 Å². The highest BCUT2D eigenvalue weighted by Crippen LogP contribution is 2.23. The van der Waals surface area contributed by atoms with Crippen molar-refractivity contribution in [1.29, 1.82) is 0 Å².